The number of rotatable bonds is 3. The first-order chi connectivity index (χ1) is 7.70. The second-order valence-corrected chi connectivity index (χ2v) is 5.31. The maximum atomic E-state index is 6.12. The van der Waals surface area contributed by atoms with Gasteiger partial charge < -0.3 is 0 Å². The molecule has 0 amide bonds. The van der Waals surface area contributed by atoms with E-state index in [4.69, 9.17) is 11.6 Å². The summed E-state index contributed by atoms with van der Waals surface area (Å²) in [6.07, 6.45) is 2.74. The molecule has 0 bridgehead atoms. The van der Waals surface area contributed by atoms with Gasteiger partial charge in [0.1, 0.15) is 0 Å². The minimum Gasteiger partial charge on any atom is -0.219 e. The molecule has 0 spiro atoms. The zero-order chi connectivity index (χ0) is 11.5. The van der Waals surface area contributed by atoms with Crippen LogP contribution in [0.3, 0.4) is 0 Å². The van der Waals surface area contributed by atoms with Crippen molar-refractivity contribution < 1.29 is 0 Å². The second-order valence-electron chi connectivity index (χ2n) is 3.19. The first-order valence-corrected chi connectivity index (χ1v) is 6.92. The highest BCUT2D eigenvalue weighted by Gasteiger charge is 2.06. The summed E-state index contributed by atoms with van der Waals surface area (Å²) in [5, 5.41) is 9.62. The van der Waals surface area contributed by atoms with Gasteiger partial charge in [0.25, 0.3) is 0 Å². The summed E-state index contributed by atoms with van der Waals surface area (Å²) in [7, 11) is 0. The van der Waals surface area contributed by atoms with Crippen LogP contribution in [0.15, 0.2) is 28.9 Å². The molecule has 0 saturated carbocycles. The number of aryl methyl sites for hydroxylation is 1. The molecule has 0 saturated heterocycles. The van der Waals surface area contributed by atoms with Crippen molar-refractivity contribution in [1.29, 1.82) is 0 Å². The van der Waals surface area contributed by atoms with E-state index in [-0.39, 0.29) is 0 Å². The Morgan fingerprint density at radius 2 is 2.19 bits per heavy atom. The maximum absolute atomic E-state index is 6.12. The third-order valence-corrected chi connectivity index (χ3v) is 3.24. The maximum Gasteiger partial charge on any atom is 0.0850 e. The predicted octanol–water partition coefficient (Wildman–Crippen LogP) is 3.62. The van der Waals surface area contributed by atoms with Gasteiger partial charge in [-0.2, -0.15) is 0 Å². The summed E-state index contributed by atoms with van der Waals surface area (Å²) in [4.78, 5) is 0. The van der Waals surface area contributed by atoms with Gasteiger partial charge in [-0.1, -0.05) is 48.7 Å². The Hall–Kier alpha value is -0.390. The lowest BCUT2D eigenvalue weighted by Crippen LogP contribution is -1.95. The van der Waals surface area contributed by atoms with Gasteiger partial charge in [-0.15, -0.1) is 5.10 Å². The molecule has 0 unspecified atom stereocenters. The van der Waals surface area contributed by atoms with Crippen molar-refractivity contribution in [3.8, 4) is 5.69 Å². The van der Waals surface area contributed by atoms with E-state index < -0.39 is 0 Å². The Bertz CT molecular complexity index is 499. The molecular formula is C10H8Br2ClN3. The van der Waals surface area contributed by atoms with E-state index in [2.05, 4.69) is 42.2 Å². The molecule has 2 aromatic rings. The molecule has 84 valence electrons. The van der Waals surface area contributed by atoms with Gasteiger partial charge in [0.15, 0.2) is 0 Å². The highest BCUT2D eigenvalue weighted by atomic mass is 79.9. The minimum absolute atomic E-state index is 0.643. The largest absolute Gasteiger partial charge is 0.219 e. The highest BCUT2D eigenvalue weighted by molar-refractivity contribution is 9.10. The third kappa shape index (κ3) is 2.64. The van der Waals surface area contributed by atoms with Crippen LogP contribution in [0.2, 0.25) is 5.02 Å². The van der Waals surface area contributed by atoms with Crippen LogP contribution in [0.5, 0.6) is 0 Å². The first kappa shape index (κ1) is 12.1. The van der Waals surface area contributed by atoms with E-state index in [0.717, 1.165) is 27.6 Å². The Morgan fingerprint density at radius 3 is 2.88 bits per heavy atom. The van der Waals surface area contributed by atoms with Crippen LogP contribution in [0.25, 0.3) is 5.69 Å². The smallest absolute Gasteiger partial charge is 0.0850 e. The molecule has 0 aliphatic carbocycles. The average Bonchev–Trinajstić information content (AvgIpc) is 2.67. The highest BCUT2D eigenvalue weighted by Crippen LogP contribution is 2.24. The molecule has 0 aliphatic heterocycles. The van der Waals surface area contributed by atoms with Crippen molar-refractivity contribution in [3.05, 3.63) is 39.6 Å². The quantitative estimate of drug-likeness (QED) is 0.778. The molecular weight excluding hydrogens is 357 g/mol. The van der Waals surface area contributed by atoms with Crippen molar-refractivity contribution in [3.63, 3.8) is 0 Å². The van der Waals surface area contributed by atoms with Crippen molar-refractivity contribution in [2.75, 3.05) is 5.33 Å². The molecule has 1 aromatic carbocycles. The Balaban J connectivity index is 2.35. The van der Waals surface area contributed by atoms with Crippen molar-refractivity contribution in [2.45, 2.75) is 6.42 Å². The SMILES string of the molecule is Clc1cc(Br)ccc1-n1cc(CCBr)nn1. The first-order valence-electron chi connectivity index (χ1n) is 4.63. The summed E-state index contributed by atoms with van der Waals surface area (Å²) < 4.78 is 2.63. The zero-order valence-corrected chi connectivity index (χ0v) is 12.1. The molecule has 0 radical (unpaired) electrons. The van der Waals surface area contributed by atoms with Crippen LogP contribution in [-0.4, -0.2) is 20.3 Å². The van der Waals surface area contributed by atoms with Gasteiger partial charge in [-0.25, -0.2) is 4.68 Å². The zero-order valence-electron chi connectivity index (χ0n) is 8.20. The molecule has 0 N–H and O–H groups in total. The molecule has 1 aromatic heterocycles. The van der Waals surface area contributed by atoms with Crippen LogP contribution in [0, 0.1) is 0 Å². The molecule has 0 aliphatic rings. The van der Waals surface area contributed by atoms with Crippen molar-refractivity contribution in [2.24, 2.45) is 0 Å². The summed E-state index contributed by atoms with van der Waals surface area (Å²) in [5.74, 6) is 0. The number of hydrogen-bond donors (Lipinski definition) is 0. The number of benzene rings is 1. The molecule has 1 heterocycles. The number of halogens is 3. The van der Waals surface area contributed by atoms with Gasteiger partial charge in [0.2, 0.25) is 0 Å². The van der Waals surface area contributed by atoms with E-state index in [0.29, 0.717) is 5.02 Å². The molecule has 6 heteroatoms. The molecule has 2 rings (SSSR count). The van der Waals surface area contributed by atoms with Gasteiger partial charge in [0.05, 0.1) is 22.6 Å². The monoisotopic (exact) mass is 363 g/mol. The second kappa shape index (κ2) is 5.29. The molecule has 3 nitrogen and oxygen atoms in total. The summed E-state index contributed by atoms with van der Waals surface area (Å²) in [6.45, 7) is 0. The number of aromatic nitrogens is 3. The number of alkyl halides is 1. The van der Waals surface area contributed by atoms with Gasteiger partial charge in [-0.3, -0.25) is 0 Å². The van der Waals surface area contributed by atoms with E-state index in [1.165, 1.54) is 0 Å². The van der Waals surface area contributed by atoms with E-state index >= 15 is 0 Å². The van der Waals surface area contributed by atoms with Gasteiger partial charge in [-0.05, 0) is 18.2 Å². The summed E-state index contributed by atoms with van der Waals surface area (Å²) >= 11 is 12.9. The lowest BCUT2D eigenvalue weighted by molar-refractivity contribution is 0.798. The lowest BCUT2D eigenvalue weighted by Gasteiger charge is -2.02. The van der Waals surface area contributed by atoms with Crippen molar-refractivity contribution >= 4 is 43.5 Å². The molecule has 0 fully saturated rings. The summed E-state index contributed by atoms with van der Waals surface area (Å²) in [6, 6.07) is 5.66. The predicted molar refractivity (Wildman–Crippen MR) is 71.6 cm³/mol. The van der Waals surface area contributed by atoms with Crippen LogP contribution in [-0.2, 0) is 6.42 Å². The normalized spacial score (nSPS) is 10.7. The fourth-order valence-corrected chi connectivity index (χ4v) is 2.46. The lowest BCUT2D eigenvalue weighted by atomic mass is 10.3. The third-order valence-electron chi connectivity index (χ3n) is 2.05. The fourth-order valence-electron chi connectivity index (χ4n) is 1.29. The van der Waals surface area contributed by atoms with Gasteiger partial charge in [0, 0.05) is 16.2 Å². The van der Waals surface area contributed by atoms with Crippen LogP contribution in [0.1, 0.15) is 5.69 Å². The molecule has 0 atom stereocenters. The van der Waals surface area contributed by atoms with E-state index in [1.54, 1.807) is 4.68 Å². The van der Waals surface area contributed by atoms with Crippen molar-refractivity contribution in [1.82, 2.24) is 15.0 Å². The Labute approximate surface area is 115 Å². The van der Waals surface area contributed by atoms with Crippen LogP contribution in [0.4, 0.5) is 0 Å². The number of hydrogen-bond acceptors (Lipinski definition) is 2. The molecule has 16 heavy (non-hydrogen) atoms. The number of nitrogens with zero attached hydrogens (tertiary/aromatic N) is 3. The average molecular weight is 365 g/mol. The van der Waals surface area contributed by atoms with Crippen LogP contribution < -0.4 is 0 Å². The Morgan fingerprint density at radius 1 is 1.38 bits per heavy atom. The van der Waals surface area contributed by atoms with Crippen LogP contribution >= 0.6 is 43.5 Å². The fraction of sp³-hybridized carbons (Fsp3) is 0.200. The summed E-state index contributed by atoms with van der Waals surface area (Å²) in [5.41, 5.74) is 1.77. The van der Waals surface area contributed by atoms with E-state index in [9.17, 15) is 0 Å². The standard InChI is InChI=1S/C10H8Br2ClN3/c11-4-3-8-6-16(15-14-8)10-2-1-7(12)5-9(10)13/h1-2,5-6H,3-4H2. The Kier molecular flexibility index (Phi) is 4.00. The minimum atomic E-state index is 0.643. The topological polar surface area (TPSA) is 30.7 Å². The van der Waals surface area contributed by atoms with Gasteiger partial charge >= 0.3 is 0 Å². The van der Waals surface area contributed by atoms with E-state index in [1.807, 2.05) is 24.4 Å².